The molecule has 6 heteroatoms. The second kappa shape index (κ2) is 10.9. The third kappa shape index (κ3) is 8.20. The zero-order valence-electron chi connectivity index (χ0n) is 17.4. The van der Waals surface area contributed by atoms with Gasteiger partial charge in [0, 0.05) is 5.75 Å². The molecule has 0 saturated carbocycles. The summed E-state index contributed by atoms with van der Waals surface area (Å²) in [5.41, 5.74) is 1.53. The van der Waals surface area contributed by atoms with Crippen molar-refractivity contribution in [1.82, 2.24) is 5.32 Å². The van der Waals surface area contributed by atoms with E-state index >= 15 is 0 Å². The Balaban J connectivity index is 2.09. The summed E-state index contributed by atoms with van der Waals surface area (Å²) in [6.45, 7) is 5.44. The topological polar surface area (TPSA) is 64.6 Å². The molecule has 0 aliphatic heterocycles. The third-order valence-corrected chi connectivity index (χ3v) is 5.46. The molecule has 0 aliphatic rings. The van der Waals surface area contributed by atoms with Crippen LogP contribution in [0.3, 0.4) is 0 Å². The molecule has 0 heterocycles. The zero-order chi connectivity index (χ0) is 21.3. The summed E-state index contributed by atoms with van der Waals surface area (Å²) in [6.07, 6.45) is 0.925. The van der Waals surface area contributed by atoms with Crippen LogP contribution in [0.5, 0.6) is 5.75 Å². The maximum absolute atomic E-state index is 12.4. The van der Waals surface area contributed by atoms with E-state index in [9.17, 15) is 9.59 Å². The lowest BCUT2D eigenvalue weighted by molar-refractivity contribution is -0.107. The maximum atomic E-state index is 12.4. The number of carbonyl (C=O) groups excluding carboxylic acids is 2. The number of methoxy groups -OCH3 is 1. The van der Waals surface area contributed by atoms with Gasteiger partial charge >= 0.3 is 6.09 Å². The highest BCUT2D eigenvalue weighted by atomic mass is 32.2. The quantitative estimate of drug-likeness (QED) is 0.605. The van der Waals surface area contributed by atoms with E-state index in [1.54, 1.807) is 7.11 Å². The van der Waals surface area contributed by atoms with E-state index < -0.39 is 16.9 Å². The van der Waals surface area contributed by atoms with Gasteiger partial charge < -0.3 is 19.6 Å². The fourth-order valence-electron chi connectivity index (χ4n) is 2.74. The standard InChI is InChI=1S/C23H29NO4S/c1-23(2,3)28-22(26)24-20(14-17-8-6-5-7-9-17)21(15-25)29-16-18-10-12-19(27-4)13-11-18/h5-13,15,20-21H,14,16H2,1-4H3,(H,24,26)/t20-,21?/m0/s1. The van der Waals surface area contributed by atoms with Crippen LogP contribution in [0.4, 0.5) is 4.79 Å². The average Bonchev–Trinajstić information content (AvgIpc) is 2.68. The molecule has 2 aromatic carbocycles. The summed E-state index contributed by atoms with van der Waals surface area (Å²) >= 11 is 1.50. The van der Waals surface area contributed by atoms with E-state index in [2.05, 4.69) is 5.32 Å². The number of hydrogen-bond acceptors (Lipinski definition) is 5. The van der Waals surface area contributed by atoms with Crippen LogP contribution >= 0.6 is 11.8 Å². The van der Waals surface area contributed by atoms with Gasteiger partial charge in [0.15, 0.2) is 0 Å². The highest BCUT2D eigenvalue weighted by Crippen LogP contribution is 2.23. The highest BCUT2D eigenvalue weighted by molar-refractivity contribution is 7.99. The summed E-state index contributed by atoms with van der Waals surface area (Å²) in [7, 11) is 1.63. The minimum absolute atomic E-state index is 0.381. The van der Waals surface area contributed by atoms with E-state index in [0.29, 0.717) is 12.2 Å². The molecule has 0 aromatic heterocycles. The van der Waals surface area contributed by atoms with Gasteiger partial charge in [0.1, 0.15) is 17.6 Å². The first-order valence-corrected chi connectivity index (χ1v) is 10.6. The Morgan fingerprint density at radius 1 is 1.07 bits per heavy atom. The summed E-state index contributed by atoms with van der Waals surface area (Å²) in [4.78, 5) is 24.2. The number of aldehydes is 1. The summed E-state index contributed by atoms with van der Waals surface area (Å²) in [5, 5.41) is 2.48. The number of hydrogen-bond donors (Lipinski definition) is 1. The predicted octanol–water partition coefficient (Wildman–Crippen LogP) is 4.63. The van der Waals surface area contributed by atoms with E-state index in [1.165, 1.54) is 11.8 Å². The lowest BCUT2D eigenvalue weighted by Gasteiger charge is -2.26. The number of alkyl carbamates (subject to hydrolysis) is 1. The highest BCUT2D eigenvalue weighted by Gasteiger charge is 2.26. The first kappa shape index (κ1) is 22.8. The van der Waals surface area contributed by atoms with Gasteiger partial charge in [-0.05, 0) is 50.5 Å². The predicted molar refractivity (Wildman–Crippen MR) is 117 cm³/mol. The molecule has 2 atom stereocenters. The average molecular weight is 416 g/mol. The molecule has 156 valence electrons. The Labute approximate surface area is 177 Å². The van der Waals surface area contributed by atoms with Gasteiger partial charge in [0.05, 0.1) is 18.4 Å². The SMILES string of the molecule is COc1ccc(CSC(C=O)[C@H](Cc2ccccc2)NC(=O)OC(C)(C)C)cc1. The van der Waals surface area contributed by atoms with Crippen LogP contribution in [-0.4, -0.2) is 36.4 Å². The van der Waals surface area contributed by atoms with Gasteiger partial charge in [-0.15, -0.1) is 11.8 Å². The number of benzene rings is 2. The molecule has 2 rings (SSSR count). The van der Waals surface area contributed by atoms with Gasteiger partial charge in [-0.1, -0.05) is 42.5 Å². The monoisotopic (exact) mass is 415 g/mol. The number of amides is 1. The Morgan fingerprint density at radius 3 is 2.28 bits per heavy atom. The molecule has 1 unspecified atom stereocenters. The fourth-order valence-corrected chi connectivity index (χ4v) is 3.79. The second-order valence-corrected chi connectivity index (χ2v) is 8.87. The van der Waals surface area contributed by atoms with Crippen molar-refractivity contribution in [3.8, 4) is 5.75 Å². The first-order valence-electron chi connectivity index (χ1n) is 9.54. The van der Waals surface area contributed by atoms with Gasteiger partial charge in [-0.25, -0.2) is 4.79 Å². The van der Waals surface area contributed by atoms with Crippen LogP contribution in [0.1, 0.15) is 31.9 Å². The Kier molecular flexibility index (Phi) is 8.58. The molecule has 0 aliphatic carbocycles. The zero-order valence-corrected chi connectivity index (χ0v) is 18.2. The van der Waals surface area contributed by atoms with Crippen LogP contribution < -0.4 is 10.1 Å². The van der Waals surface area contributed by atoms with Crippen molar-refractivity contribution in [2.75, 3.05) is 7.11 Å². The Morgan fingerprint density at radius 2 is 1.72 bits per heavy atom. The largest absolute Gasteiger partial charge is 0.497 e. The van der Waals surface area contributed by atoms with Crippen molar-refractivity contribution < 1.29 is 19.1 Å². The second-order valence-electron chi connectivity index (χ2n) is 7.70. The van der Waals surface area contributed by atoms with Crippen molar-refractivity contribution in [2.24, 2.45) is 0 Å². The maximum Gasteiger partial charge on any atom is 0.407 e. The fraction of sp³-hybridized carbons (Fsp3) is 0.391. The molecular formula is C23H29NO4S. The van der Waals surface area contributed by atoms with Crippen LogP contribution in [0.25, 0.3) is 0 Å². The normalized spacial score (nSPS) is 13.2. The van der Waals surface area contributed by atoms with Gasteiger partial charge in [-0.3, -0.25) is 0 Å². The molecule has 0 bridgehead atoms. The first-order chi connectivity index (χ1) is 13.8. The van der Waals surface area contributed by atoms with E-state index in [1.807, 2.05) is 75.4 Å². The lowest BCUT2D eigenvalue weighted by atomic mass is 10.0. The molecule has 0 radical (unpaired) electrons. The summed E-state index contributed by atoms with van der Waals surface area (Å²) in [6, 6.07) is 17.2. The lowest BCUT2D eigenvalue weighted by Crippen LogP contribution is -2.46. The van der Waals surface area contributed by atoms with E-state index in [0.717, 1.165) is 23.2 Å². The number of carbonyl (C=O) groups is 2. The molecule has 0 spiro atoms. The summed E-state index contributed by atoms with van der Waals surface area (Å²) in [5.74, 6) is 1.44. The number of nitrogens with one attached hydrogen (secondary N) is 1. The molecular weight excluding hydrogens is 386 g/mol. The van der Waals surface area contributed by atoms with E-state index in [4.69, 9.17) is 9.47 Å². The molecule has 1 N–H and O–H groups in total. The number of ether oxygens (including phenoxy) is 2. The van der Waals surface area contributed by atoms with Crippen molar-refractivity contribution >= 4 is 24.1 Å². The van der Waals surface area contributed by atoms with Crippen LogP contribution in [0.2, 0.25) is 0 Å². The molecule has 0 saturated heterocycles. The molecule has 5 nitrogen and oxygen atoms in total. The van der Waals surface area contributed by atoms with Crippen molar-refractivity contribution in [3.05, 3.63) is 65.7 Å². The van der Waals surface area contributed by atoms with Gasteiger partial charge in [-0.2, -0.15) is 0 Å². The molecule has 2 aromatic rings. The van der Waals surface area contributed by atoms with Crippen LogP contribution in [0, 0.1) is 0 Å². The third-order valence-electron chi connectivity index (χ3n) is 4.13. The van der Waals surface area contributed by atoms with Gasteiger partial charge in [0.2, 0.25) is 0 Å². The van der Waals surface area contributed by atoms with E-state index in [-0.39, 0.29) is 6.04 Å². The number of thioether (sulfide) groups is 1. The van der Waals surface area contributed by atoms with Crippen LogP contribution in [0.15, 0.2) is 54.6 Å². The summed E-state index contributed by atoms with van der Waals surface area (Å²) < 4.78 is 10.6. The molecule has 0 fully saturated rings. The van der Waals surface area contributed by atoms with Crippen molar-refractivity contribution in [2.45, 2.75) is 49.8 Å². The Bertz CT molecular complexity index is 772. The minimum atomic E-state index is -0.603. The Hall–Kier alpha value is -2.47. The van der Waals surface area contributed by atoms with Crippen molar-refractivity contribution in [1.29, 1.82) is 0 Å². The van der Waals surface area contributed by atoms with Crippen LogP contribution in [-0.2, 0) is 21.7 Å². The smallest absolute Gasteiger partial charge is 0.407 e. The molecule has 1 amide bonds. The minimum Gasteiger partial charge on any atom is -0.497 e. The van der Waals surface area contributed by atoms with Gasteiger partial charge in [0.25, 0.3) is 0 Å². The van der Waals surface area contributed by atoms with Crippen molar-refractivity contribution in [3.63, 3.8) is 0 Å². The number of rotatable bonds is 9. The molecule has 29 heavy (non-hydrogen) atoms.